The first-order valence-corrected chi connectivity index (χ1v) is 7.33. The highest BCUT2D eigenvalue weighted by Gasteiger charge is 2.16. The minimum absolute atomic E-state index is 0.0156. The van der Waals surface area contributed by atoms with Gasteiger partial charge in [0.15, 0.2) is 5.78 Å². The van der Waals surface area contributed by atoms with E-state index in [4.69, 9.17) is 11.6 Å². The van der Waals surface area contributed by atoms with Crippen molar-refractivity contribution in [3.8, 4) is 5.69 Å². The number of carbonyl (C=O) groups excluding carboxylic acids is 1. The predicted octanol–water partition coefficient (Wildman–Crippen LogP) is 4.59. The normalized spacial score (nSPS) is 10.8. The molecule has 2 aromatic rings. The van der Waals surface area contributed by atoms with Crippen LogP contribution in [0.25, 0.3) is 5.69 Å². The van der Waals surface area contributed by atoms with Crippen molar-refractivity contribution in [2.45, 2.75) is 20.8 Å². The van der Waals surface area contributed by atoms with Crippen molar-refractivity contribution in [2.24, 2.45) is 0 Å². The van der Waals surface area contributed by atoms with E-state index < -0.39 is 0 Å². The van der Waals surface area contributed by atoms with E-state index in [1.54, 1.807) is 0 Å². The molecule has 0 radical (unpaired) electrons. The van der Waals surface area contributed by atoms with E-state index >= 15 is 0 Å². The summed E-state index contributed by atoms with van der Waals surface area (Å²) in [6, 6.07) is 8.03. The molecule has 1 aromatic heterocycles. The second-order valence-electron chi connectivity index (χ2n) is 4.61. The number of ketones is 1. The lowest BCUT2D eigenvalue weighted by molar-refractivity contribution is 0.102. The number of hydrogen-bond acceptors (Lipinski definition) is 1. The third-order valence-electron chi connectivity index (χ3n) is 3.26. The second-order valence-corrected chi connectivity index (χ2v) is 5.79. The summed E-state index contributed by atoms with van der Waals surface area (Å²) in [5.41, 5.74) is 4.91. The van der Waals surface area contributed by atoms with Crippen LogP contribution in [-0.2, 0) is 0 Å². The molecule has 0 aliphatic rings. The summed E-state index contributed by atoms with van der Waals surface area (Å²) in [7, 11) is 0. The predicted molar refractivity (Wildman–Crippen MR) is 82.7 cm³/mol. The van der Waals surface area contributed by atoms with E-state index in [-0.39, 0.29) is 11.7 Å². The van der Waals surface area contributed by atoms with Crippen LogP contribution in [0.5, 0.6) is 0 Å². The fourth-order valence-corrected chi connectivity index (χ4v) is 2.80. The highest BCUT2D eigenvalue weighted by molar-refractivity contribution is 9.10. The maximum atomic E-state index is 11.8. The fourth-order valence-electron chi connectivity index (χ4n) is 2.31. The van der Waals surface area contributed by atoms with Gasteiger partial charge in [0.1, 0.15) is 0 Å². The smallest absolute Gasteiger partial charge is 0.179 e. The summed E-state index contributed by atoms with van der Waals surface area (Å²) in [6.07, 6.45) is 0. The van der Waals surface area contributed by atoms with Crippen LogP contribution < -0.4 is 0 Å². The van der Waals surface area contributed by atoms with Crippen molar-refractivity contribution in [2.75, 3.05) is 5.88 Å². The molecule has 0 bridgehead atoms. The minimum atomic E-state index is -0.0336. The van der Waals surface area contributed by atoms with Crippen molar-refractivity contribution in [1.29, 1.82) is 0 Å². The summed E-state index contributed by atoms with van der Waals surface area (Å²) in [4.78, 5) is 11.8. The van der Waals surface area contributed by atoms with E-state index in [0.29, 0.717) is 5.56 Å². The highest BCUT2D eigenvalue weighted by atomic mass is 79.9. The summed E-state index contributed by atoms with van der Waals surface area (Å²) in [5.74, 6) is -0.0180. The van der Waals surface area contributed by atoms with Crippen LogP contribution in [0.2, 0.25) is 0 Å². The van der Waals surface area contributed by atoms with Crippen LogP contribution in [0.15, 0.2) is 28.7 Å². The summed E-state index contributed by atoms with van der Waals surface area (Å²) >= 11 is 9.15. The molecule has 0 saturated carbocycles. The van der Waals surface area contributed by atoms with E-state index in [1.165, 1.54) is 0 Å². The zero-order valence-electron chi connectivity index (χ0n) is 11.1. The number of benzene rings is 1. The van der Waals surface area contributed by atoms with Crippen molar-refractivity contribution >= 4 is 33.3 Å². The molecule has 0 atom stereocenters. The number of alkyl halides is 1. The van der Waals surface area contributed by atoms with Gasteiger partial charge in [0, 0.05) is 27.1 Å². The van der Waals surface area contributed by atoms with Gasteiger partial charge in [-0.05, 0) is 44.5 Å². The minimum Gasteiger partial charge on any atom is -0.317 e. The average molecular weight is 341 g/mol. The molecule has 0 aliphatic heterocycles. The molecule has 0 aliphatic carbocycles. The van der Waals surface area contributed by atoms with Gasteiger partial charge in [-0.15, -0.1) is 11.6 Å². The van der Waals surface area contributed by atoms with E-state index in [1.807, 2.05) is 26.0 Å². The number of rotatable bonds is 3. The van der Waals surface area contributed by atoms with Crippen LogP contribution in [-0.4, -0.2) is 16.2 Å². The molecule has 0 spiro atoms. The molecule has 0 unspecified atom stereocenters. The standard InChI is InChI=1S/C15H15BrClNO/c1-9-4-5-12(16)7-14(9)18-10(2)6-13(11(18)3)15(19)8-17/h4-7H,8H2,1-3H3. The molecule has 0 amide bonds. The van der Waals surface area contributed by atoms with Crippen molar-refractivity contribution < 1.29 is 4.79 Å². The number of hydrogen-bond donors (Lipinski definition) is 0. The van der Waals surface area contributed by atoms with Crippen LogP contribution >= 0.6 is 27.5 Å². The van der Waals surface area contributed by atoms with Gasteiger partial charge in [-0.1, -0.05) is 22.0 Å². The van der Waals surface area contributed by atoms with Crippen LogP contribution in [0, 0.1) is 20.8 Å². The molecule has 0 N–H and O–H groups in total. The van der Waals surface area contributed by atoms with Gasteiger partial charge >= 0.3 is 0 Å². The quantitative estimate of drug-likeness (QED) is 0.592. The largest absolute Gasteiger partial charge is 0.317 e. The lowest BCUT2D eigenvalue weighted by atomic mass is 10.1. The molecule has 1 aromatic carbocycles. The maximum Gasteiger partial charge on any atom is 0.179 e. The first-order valence-electron chi connectivity index (χ1n) is 6.00. The third-order valence-corrected chi connectivity index (χ3v) is 4.00. The first-order chi connectivity index (χ1) is 8.95. The second kappa shape index (κ2) is 5.51. The zero-order chi connectivity index (χ0) is 14.2. The van der Waals surface area contributed by atoms with Gasteiger partial charge in [0.2, 0.25) is 0 Å². The van der Waals surface area contributed by atoms with Gasteiger partial charge in [-0.25, -0.2) is 0 Å². The van der Waals surface area contributed by atoms with Crippen LogP contribution in [0.1, 0.15) is 27.3 Å². The number of Topliss-reactive ketones (excluding diaryl/α,β-unsaturated/α-hetero) is 1. The number of aromatic nitrogens is 1. The van der Waals surface area contributed by atoms with Crippen molar-refractivity contribution in [3.05, 3.63) is 51.3 Å². The molecular formula is C15H15BrClNO. The molecule has 2 rings (SSSR count). The molecule has 0 saturated heterocycles. The molecule has 2 nitrogen and oxygen atoms in total. The fraction of sp³-hybridized carbons (Fsp3) is 0.267. The third kappa shape index (κ3) is 2.63. The van der Waals surface area contributed by atoms with Crippen molar-refractivity contribution in [1.82, 2.24) is 4.57 Å². The van der Waals surface area contributed by atoms with Gasteiger partial charge in [-0.2, -0.15) is 0 Å². The van der Waals surface area contributed by atoms with E-state index in [0.717, 1.165) is 27.1 Å². The number of aryl methyl sites for hydroxylation is 2. The summed E-state index contributed by atoms with van der Waals surface area (Å²) in [6.45, 7) is 6.01. The van der Waals surface area contributed by atoms with Crippen LogP contribution in [0.3, 0.4) is 0 Å². The molecule has 100 valence electrons. The van der Waals surface area contributed by atoms with Gasteiger partial charge in [-0.3, -0.25) is 4.79 Å². The van der Waals surface area contributed by atoms with Crippen LogP contribution in [0.4, 0.5) is 0 Å². The molecule has 1 heterocycles. The molecule has 19 heavy (non-hydrogen) atoms. The molecule has 4 heteroatoms. The van der Waals surface area contributed by atoms with Gasteiger partial charge in [0.05, 0.1) is 5.88 Å². The van der Waals surface area contributed by atoms with Crippen molar-refractivity contribution in [3.63, 3.8) is 0 Å². The average Bonchev–Trinajstić information content (AvgIpc) is 2.67. The Hall–Kier alpha value is -1.06. The highest BCUT2D eigenvalue weighted by Crippen LogP contribution is 2.26. The Morgan fingerprint density at radius 1 is 1.26 bits per heavy atom. The Labute approximate surface area is 126 Å². The molecular weight excluding hydrogens is 326 g/mol. The Morgan fingerprint density at radius 2 is 1.95 bits per heavy atom. The zero-order valence-corrected chi connectivity index (χ0v) is 13.5. The monoisotopic (exact) mass is 339 g/mol. The first kappa shape index (κ1) is 14.4. The number of halogens is 2. The Balaban J connectivity index is 2.66. The Morgan fingerprint density at radius 3 is 2.58 bits per heavy atom. The van der Waals surface area contributed by atoms with Gasteiger partial charge in [0.25, 0.3) is 0 Å². The summed E-state index contributed by atoms with van der Waals surface area (Å²) < 4.78 is 3.12. The van der Waals surface area contributed by atoms with E-state index in [9.17, 15) is 4.79 Å². The SMILES string of the molecule is Cc1ccc(Br)cc1-n1c(C)cc(C(=O)CCl)c1C. The molecule has 0 fully saturated rings. The lowest BCUT2D eigenvalue weighted by Gasteiger charge is -2.13. The Bertz CT molecular complexity index is 646. The van der Waals surface area contributed by atoms with Gasteiger partial charge < -0.3 is 4.57 Å². The number of carbonyl (C=O) groups is 1. The number of nitrogens with zero attached hydrogens (tertiary/aromatic N) is 1. The van der Waals surface area contributed by atoms with E-state index in [2.05, 4.69) is 39.6 Å². The topological polar surface area (TPSA) is 22.0 Å². The maximum absolute atomic E-state index is 11.8. The lowest BCUT2D eigenvalue weighted by Crippen LogP contribution is -2.05. The Kier molecular flexibility index (Phi) is 4.16. The summed E-state index contributed by atoms with van der Waals surface area (Å²) in [5, 5.41) is 0.